The Labute approximate surface area is 186 Å². The minimum absolute atomic E-state index is 0.0546. The lowest BCUT2D eigenvalue weighted by atomic mass is 10.2. The van der Waals surface area contributed by atoms with Gasteiger partial charge in [-0.1, -0.05) is 0 Å². The van der Waals surface area contributed by atoms with Crippen molar-refractivity contribution in [3.63, 3.8) is 0 Å². The summed E-state index contributed by atoms with van der Waals surface area (Å²) >= 11 is 1.21. The van der Waals surface area contributed by atoms with Crippen LogP contribution in [0, 0.1) is 21.7 Å². The first-order chi connectivity index (χ1) is 15.4. The number of anilines is 2. The van der Waals surface area contributed by atoms with Gasteiger partial charge >= 0.3 is 0 Å². The highest BCUT2D eigenvalue weighted by Gasteiger charge is 2.20. The number of carbonyl (C=O) groups excluding carboxylic acids is 1. The summed E-state index contributed by atoms with van der Waals surface area (Å²) in [6, 6.07) is 9.97. The molecule has 0 bridgehead atoms. The van der Waals surface area contributed by atoms with Crippen LogP contribution < -0.4 is 10.2 Å². The third kappa shape index (κ3) is 5.06. The number of nitro benzene ring substituents is 1. The Hall–Kier alpha value is -3.44. The number of hydrogen-bond donors (Lipinski definition) is 1. The van der Waals surface area contributed by atoms with Gasteiger partial charge in [-0.25, -0.2) is 13.8 Å². The van der Waals surface area contributed by atoms with Gasteiger partial charge in [0, 0.05) is 54.9 Å². The second-order valence-electron chi connectivity index (χ2n) is 7.25. The molecule has 0 aliphatic carbocycles. The lowest BCUT2D eigenvalue weighted by molar-refractivity contribution is -0.384. The van der Waals surface area contributed by atoms with Crippen LogP contribution in [0.5, 0.6) is 0 Å². The third-order valence-corrected chi connectivity index (χ3v) is 5.89. The monoisotopic (exact) mass is 459 g/mol. The summed E-state index contributed by atoms with van der Waals surface area (Å²) in [5.74, 6) is -2.08. The molecule has 8 nitrogen and oxygen atoms in total. The zero-order chi connectivity index (χ0) is 22.7. The molecule has 1 fully saturated rings. The SMILES string of the molecule is O=C(CN1CCN(c2ccc([N+](=O)[O-])cc2)CC1)Nc1nc(-c2ccc(F)c(F)c2)cs1. The first kappa shape index (κ1) is 21.8. The van der Waals surface area contributed by atoms with E-state index in [9.17, 15) is 23.7 Å². The number of hydrogen-bond acceptors (Lipinski definition) is 7. The molecule has 0 unspecified atom stereocenters. The number of aromatic nitrogens is 1. The molecule has 11 heteroatoms. The fourth-order valence-electron chi connectivity index (χ4n) is 3.43. The van der Waals surface area contributed by atoms with Crippen molar-refractivity contribution in [2.45, 2.75) is 0 Å². The van der Waals surface area contributed by atoms with E-state index in [1.54, 1.807) is 17.5 Å². The topological polar surface area (TPSA) is 91.6 Å². The number of carbonyl (C=O) groups is 1. The summed E-state index contributed by atoms with van der Waals surface area (Å²) in [5, 5.41) is 15.6. The van der Waals surface area contributed by atoms with E-state index in [-0.39, 0.29) is 18.1 Å². The third-order valence-electron chi connectivity index (χ3n) is 5.13. The van der Waals surface area contributed by atoms with Gasteiger partial charge in [-0.05, 0) is 30.3 Å². The van der Waals surface area contributed by atoms with E-state index in [1.165, 1.54) is 29.5 Å². The number of non-ortho nitro benzene ring substituents is 1. The van der Waals surface area contributed by atoms with Crippen molar-refractivity contribution in [3.05, 3.63) is 69.6 Å². The normalized spacial score (nSPS) is 14.4. The number of nitrogens with one attached hydrogen (secondary N) is 1. The first-order valence-corrected chi connectivity index (χ1v) is 10.7. The number of nitrogens with zero attached hydrogens (tertiary/aromatic N) is 4. The number of rotatable bonds is 6. The molecule has 0 saturated carbocycles. The number of thiazole rings is 1. The molecule has 1 saturated heterocycles. The lowest BCUT2D eigenvalue weighted by Crippen LogP contribution is -2.48. The highest BCUT2D eigenvalue weighted by atomic mass is 32.1. The van der Waals surface area contributed by atoms with Crippen molar-refractivity contribution in [3.8, 4) is 11.3 Å². The van der Waals surface area contributed by atoms with E-state index in [0.29, 0.717) is 42.6 Å². The molecule has 2 heterocycles. The number of halogens is 2. The summed E-state index contributed by atoms with van der Waals surface area (Å²) in [7, 11) is 0. The lowest BCUT2D eigenvalue weighted by Gasteiger charge is -2.35. The second kappa shape index (κ2) is 9.37. The Morgan fingerprint density at radius 3 is 2.47 bits per heavy atom. The van der Waals surface area contributed by atoms with Gasteiger partial charge in [0.1, 0.15) is 0 Å². The Morgan fingerprint density at radius 2 is 1.81 bits per heavy atom. The van der Waals surface area contributed by atoms with E-state index in [2.05, 4.69) is 15.2 Å². The summed E-state index contributed by atoms with van der Waals surface area (Å²) in [4.78, 5) is 31.2. The molecule has 4 rings (SSSR count). The summed E-state index contributed by atoms with van der Waals surface area (Å²) < 4.78 is 26.5. The zero-order valence-electron chi connectivity index (χ0n) is 16.8. The first-order valence-electron chi connectivity index (χ1n) is 9.81. The van der Waals surface area contributed by atoms with Crippen LogP contribution in [0.15, 0.2) is 47.8 Å². The average molecular weight is 459 g/mol. The van der Waals surface area contributed by atoms with Gasteiger partial charge in [-0.3, -0.25) is 19.8 Å². The zero-order valence-corrected chi connectivity index (χ0v) is 17.6. The van der Waals surface area contributed by atoms with Gasteiger partial charge in [-0.15, -0.1) is 11.3 Å². The predicted octanol–water partition coefficient (Wildman–Crippen LogP) is 3.76. The molecule has 0 radical (unpaired) electrons. The summed E-state index contributed by atoms with van der Waals surface area (Å²) in [6.07, 6.45) is 0. The van der Waals surface area contributed by atoms with Crippen LogP contribution >= 0.6 is 11.3 Å². The Morgan fingerprint density at radius 1 is 1.09 bits per heavy atom. The Kier molecular flexibility index (Phi) is 6.37. The Balaban J connectivity index is 1.28. The molecule has 32 heavy (non-hydrogen) atoms. The quantitative estimate of drug-likeness (QED) is 0.446. The minimum Gasteiger partial charge on any atom is -0.369 e. The summed E-state index contributed by atoms with van der Waals surface area (Å²) in [5.41, 5.74) is 1.86. The van der Waals surface area contributed by atoms with Crippen LogP contribution in [0.2, 0.25) is 0 Å². The Bertz CT molecular complexity index is 1130. The highest BCUT2D eigenvalue weighted by Crippen LogP contribution is 2.26. The number of amides is 1. The maximum absolute atomic E-state index is 13.4. The molecule has 166 valence electrons. The van der Waals surface area contributed by atoms with Crippen molar-refractivity contribution < 1.29 is 18.5 Å². The van der Waals surface area contributed by atoms with Crippen LogP contribution in [-0.4, -0.2) is 53.4 Å². The van der Waals surface area contributed by atoms with Crippen LogP contribution in [0.1, 0.15) is 0 Å². The van der Waals surface area contributed by atoms with Gasteiger partial charge < -0.3 is 10.2 Å². The van der Waals surface area contributed by atoms with Crippen LogP contribution in [0.25, 0.3) is 11.3 Å². The van der Waals surface area contributed by atoms with Gasteiger partial charge in [0.05, 0.1) is 17.2 Å². The largest absolute Gasteiger partial charge is 0.369 e. The molecule has 1 N–H and O–H groups in total. The molecule has 1 aliphatic heterocycles. The number of nitro groups is 1. The van der Waals surface area contributed by atoms with Crippen molar-refractivity contribution in [2.24, 2.45) is 0 Å². The molecule has 1 aromatic heterocycles. The maximum atomic E-state index is 13.4. The van der Waals surface area contributed by atoms with E-state index < -0.39 is 16.6 Å². The van der Waals surface area contributed by atoms with Crippen LogP contribution in [0.4, 0.5) is 25.3 Å². The fraction of sp³-hybridized carbons (Fsp3) is 0.238. The van der Waals surface area contributed by atoms with Gasteiger partial charge in [0.15, 0.2) is 16.8 Å². The maximum Gasteiger partial charge on any atom is 0.269 e. The van der Waals surface area contributed by atoms with E-state index in [4.69, 9.17) is 0 Å². The predicted molar refractivity (Wildman–Crippen MR) is 118 cm³/mol. The molecule has 0 spiro atoms. The average Bonchev–Trinajstić information content (AvgIpc) is 3.24. The minimum atomic E-state index is -0.950. The number of benzene rings is 2. The van der Waals surface area contributed by atoms with E-state index in [0.717, 1.165) is 17.8 Å². The van der Waals surface area contributed by atoms with Crippen molar-refractivity contribution >= 4 is 33.8 Å². The molecule has 3 aromatic rings. The fourth-order valence-corrected chi connectivity index (χ4v) is 4.17. The number of piperazine rings is 1. The van der Waals surface area contributed by atoms with Crippen molar-refractivity contribution in [1.82, 2.24) is 9.88 Å². The molecule has 0 atom stereocenters. The highest BCUT2D eigenvalue weighted by molar-refractivity contribution is 7.14. The summed E-state index contributed by atoms with van der Waals surface area (Å²) in [6.45, 7) is 2.93. The standard InChI is InChI=1S/C21H19F2N5O3S/c22-17-6-1-14(11-18(17)23)19-13-32-21(24-19)25-20(29)12-26-7-9-27(10-8-26)15-2-4-16(5-3-15)28(30)31/h1-6,11,13H,7-10,12H2,(H,24,25,29). The second-order valence-corrected chi connectivity index (χ2v) is 8.11. The molecular weight excluding hydrogens is 440 g/mol. The van der Waals surface area contributed by atoms with Crippen LogP contribution in [0.3, 0.4) is 0 Å². The molecular formula is C21H19F2N5O3S. The van der Waals surface area contributed by atoms with Crippen LogP contribution in [-0.2, 0) is 4.79 Å². The van der Waals surface area contributed by atoms with Gasteiger partial charge in [0.25, 0.3) is 5.69 Å². The molecule has 1 aliphatic rings. The smallest absolute Gasteiger partial charge is 0.269 e. The molecule has 1 amide bonds. The molecule has 2 aromatic carbocycles. The van der Waals surface area contributed by atoms with Crippen molar-refractivity contribution in [1.29, 1.82) is 0 Å². The van der Waals surface area contributed by atoms with Crippen molar-refractivity contribution in [2.75, 3.05) is 42.9 Å². The van der Waals surface area contributed by atoms with Gasteiger partial charge in [0.2, 0.25) is 5.91 Å². The van der Waals surface area contributed by atoms with Gasteiger partial charge in [-0.2, -0.15) is 0 Å². The van der Waals surface area contributed by atoms with E-state index in [1.807, 2.05) is 4.90 Å². The van der Waals surface area contributed by atoms with E-state index >= 15 is 0 Å².